The van der Waals surface area contributed by atoms with Gasteiger partial charge in [0.1, 0.15) is 5.01 Å². The molecule has 3 rings (SSSR count). The van der Waals surface area contributed by atoms with Crippen LogP contribution >= 0.6 is 11.3 Å². The van der Waals surface area contributed by atoms with Crippen LogP contribution in [0.2, 0.25) is 0 Å². The Kier molecular flexibility index (Phi) is 2.94. The molecule has 2 aromatic rings. The fourth-order valence-corrected chi connectivity index (χ4v) is 2.65. The predicted octanol–water partition coefficient (Wildman–Crippen LogP) is 2.94. The molecule has 0 radical (unpaired) electrons. The van der Waals surface area contributed by atoms with Crippen LogP contribution in [-0.4, -0.2) is 16.2 Å². The molecule has 0 fully saturated rings. The summed E-state index contributed by atoms with van der Waals surface area (Å²) in [6.45, 7) is 4.13. The molecule has 1 aromatic heterocycles. The topological polar surface area (TPSA) is 64.1 Å². The van der Waals surface area contributed by atoms with E-state index in [9.17, 15) is 4.79 Å². The second kappa shape index (κ2) is 4.62. The number of rotatable bonds is 3. The summed E-state index contributed by atoms with van der Waals surface area (Å²) in [6, 6.07) is 7.35. The first-order valence-electron chi connectivity index (χ1n) is 6.05. The fourth-order valence-electron chi connectivity index (χ4n) is 1.89. The van der Waals surface area contributed by atoms with Gasteiger partial charge >= 0.3 is 5.97 Å². The van der Waals surface area contributed by atoms with Crippen molar-refractivity contribution in [2.45, 2.75) is 26.0 Å². The standard InChI is InChI=1S/C13H13N3O2S/c1-7(2)11-15-16-13(19-11)14-10-8-5-3-4-6-9(8)12(17)18-10/h3-7,10H,1-2H3,(H,14,16). The predicted molar refractivity (Wildman–Crippen MR) is 72.2 cm³/mol. The summed E-state index contributed by atoms with van der Waals surface area (Å²) in [5.41, 5.74) is 1.45. The molecule has 0 aliphatic carbocycles. The van der Waals surface area contributed by atoms with Crippen LogP contribution in [0.15, 0.2) is 24.3 Å². The van der Waals surface area contributed by atoms with Gasteiger partial charge in [-0.25, -0.2) is 4.79 Å². The molecule has 0 bridgehead atoms. The highest BCUT2D eigenvalue weighted by Crippen LogP contribution is 2.32. The van der Waals surface area contributed by atoms with E-state index >= 15 is 0 Å². The molecule has 1 aromatic carbocycles. The number of carbonyl (C=O) groups is 1. The van der Waals surface area contributed by atoms with Crippen LogP contribution in [-0.2, 0) is 4.74 Å². The summed E-state index contributed by atoms with van der Waals surface area (Å²) in [4.78, 5) is 11.7. The van der Waals surface area contributed by atoms with Crippen molar-refractivity contribution >= 4 is 22.4 Å². The van der Waals surface area contributed by atoms with Gasteiger partial charge in [0, 0.05) is 11.5 Å². The summed E-state index contributed by atoms with van der Waals surface area (Å²) >= 11 is 1.48. The van der Waals surface area contributed by atoms with E-state index in [-0.39, 0.29) is 5.97 Å². The number of benzene rings is 1. The third-order valence-corrected chi connectivity index (χ3v) is 4.03. The van der Waals surface area contributed by atoms with Crippen molar-refractivity contribution in [1.82, 2.24) is 10.2 Å². The zero-order valence-electron chi connectivity index (χ0n) is 10.6. The molecular formula is C13H13N3O2S. The molecule has 1 aliphatic heterocycles. The highest BCUT2D eigenvalue weighted by atomic mass is 32.1. The Hall–Kier alpha value is -1.95. The van der Waals surface area contributed by atoms with Crippen LogP contribution < -0.4 is 5.32 Å². The molecule has 98 valence electrons. The van der Waals surface area contributed by atoms with Gasteiger partial charge in [-0.2, -0.15) is 0 Å². The van der Waals surface area contributed by atoms with Gasteiger partial charge < -0.3 is 10.1 Å². The van der Waals surface area contributed by atoms with E-state index in [4.69, 9.17) is 4.74 Å². The Bertz CT molecular complexity index is 624. The summed E-state index contributed by atoms with van der Waals surface area (Å²) < 4.78 is 5.29. The molecule has 19 heavy (non-hydrogen) atoms. The van der Waals surface area contributed by atoms with E-state index in [0.29, 0.717) is 16.6 Å². The first kappa shape index (κ1) is 12.1. The highest BCUT2D eigenvalue weighted by Gasteiger charge is 2.31. The Balaban J connectivity index is 1.83. The van der Waals surface area contributed by atoms with E-state index in [1.807, 2.05) is 18.2 Å². The number of esters is 1. The smallest absolute Gasteiger partial charge is 0.340 e. The van der Waals surface area contributed by atoms with Crippen molar-refractivity contribution in [1.29, 1.82) is 0 Å². The van der Waals surface area contributed by atoms with Crippen molar-refractivity contribution in [2.75, 3.05) is 5.32 Å². The van der Waals surface area contributed by atoms with Crippen molar-refractivity contribution in [3.8, 4) is 0 Å². The molecule has 2 heterocycles. The quantitative estimate of drug-likeness (QED) is 0.872. The van der Waals surface area contributed by atoms with Gasteiger partial charge in [-0.1, -0.05) is 43.4 Å². The lowest BCUT2D eigenvalue weighted by atomic mass is 10.1. The summed E-state index contributed by atoms with van der Waals surface area (Å²) in [5, 5.41) is 12.9. The van der Waals surface area contributed by atoms with Gasteiger partial charge in [0.15, 0.2) is 0 Å². The number of ether oxygens (including phenoxy) is 1. The number of anilines is 1. The molecule has 0 amide bonds. The number of nitrogens with zero attached hydrogens (tertiary/aromatic N) is 2. The molecule has 1 atom stereocenters. The zero-order valence-corrected chi connectivity index (χ0v) is 11.4. The number of hydrogen-bond acceptors (Lipinski definition) is 6. The minimum Gasteiger partial charge on any atom is -0.434 e. The third kappa shape index (κ3) is 2.19. The van der Waals surface area contributed by atoms with Crippen LogP contribution in [0.4, 0.5) is 5.13 Å². The maximum Gasteiger partial charge on any atom is 0.340 e. The zero-order chi connectivity index (χ0) is 13.4. The lowest BCUT2D eigenvalue weighted by molar-refractivity contribution is 0.0437. The maximum absolute atomic E-state index is 11.7. The number of fused-ring (bicyclic) bond motifs is 1. The Labute approximate surface area is 114 Å². The summed E-state index contributed by atoms with van der Waals surface area (Å²) in [6.07, 6.45) is -0.475. The van der Waals surface area contributed by atoms with Crippen LogP contribution in [0.25, 0.3) is 0 Å². The summed E-state index contributed by atoms with van der Waals surface area (Å²) in [5.74, 6) is 0.0353. The number of hydrogen-bond donors (Lipinski definition) is 1. The van der Waals surface area contributed by atoms with Crippen molar-refractivity contribution in [2.24, 2.45) is 0 Å². The van der Waals surface area contributed by atoms with Gasteiger partial charge in [-0.15, -0.1) is 10.2 Å². The lowest BCUT2D eigenvalue weighted by Crippen LogP contribution is -2.09. The second-order valence-corrected chi connectivity index (χ2v) is 5.63. The molecule has 5 nitrogen and oxygen atoms in total. The molecule has 1 aliphatic rings. The minimum atomic E-state index is -0.475. The number of cyclic esters (lactones) is 1. The Morgan fingerprint density at radius 3 is 2.84 bits per heavy atom. The van der Waals surface area contributed by atoms with Gasteiger partial charge in [-0.3, -0.25) is 0 Å². The first-order valence-corrected chi connectivity index (χ1v) is 6.86. The fraction of sp³-hybridized carbons (Fsp3) is 0.308. The largest absolute Gasteiger partial charge is 0.434 e. The molecule has 0 saturated heterocycles. The van der Waals surface area contributed by atoms with E-state index in [0.717, 1.165) is 10.6 Å². The van der Waals surface area contributed by atoms with Crippen molar-refractivity contribution in [3.63, 3.8) is 0 Å². The molecule has 0 saturated carbocycles. The highest BCUT2D eigenvalue weighted by molar-refractivity contribution is 7.15. The van der Waals surface area contributed by atoms with E-state index in [1.54, 1.807) is 6.07 Å². The van der Waals surface area contributed by atoms with E-state index in [2.05, 4.69) is 29.4 Å². The average Bonchev–Trinajstić information content (AvgIpc) is 2.97. The van der Waals surface area contributed by atoms with Crippen molar-refractivity contribution in [3.05, 3.63) is 40.4 Å². The van der Waals surface area contributed by atoms with Gasteiger partial charge in [-0.05, 0) is 6.07 Å². The molecule has 1 unspecified atom stereocenters. The average molecular weight is 275 g/mol. The number of nitrogens with one attached hydrogen (secondary N) is 1. The van der Waals surface area contributed by atoms with Crippen LogP contribution in [0.5, 0.6) is 0 Å². The SMILES string of the molecule is CC(C)c1nnc(NC2OC(=O)c3ccccc32)s1. The van der Waals surface area contributed by atoms with Crippen LogP contribution in [0.1, 0.15) is 46.9 Å². The third-order valence-electron chi connectivity index (χ3n) is 2.88. The first-order chi connectivity index (χ1) is 9.15. The van der Waals surface area contributed by atoms with Gasteiger partial charge in [0.25, 0.3) is 0 Å². The lowest BCUT2D eigenvalue weighted by Gasteiger charge is -2.10. The molecule has 1 N–H and O–H groups in total. The van der Waals surface area contributed by atoms with E-state index < -0.39 is 6.23 Å². The Morgan fingerprint density at radius 2 is 2.11 bits per heavy atom. The number of carbonyl (C=O) groups excluding carboxylic acids is 1. The summed E-state index contributed by atoms with van der Waals surface area (Å²) in [7, 11) is 0. The monoisotopic (exact) mass is 275 g/mol. The van der Waals surface area contributed by atoms with Crippen LogP contribution in [0.3, 0.4) is 0 Å². The molecule has 0 spiro atoms. The van der Waals surface area contributed by atoms with E-state index in [1.165, 1.54) is 11.3 Å². The van der Waals surface area contributed by atoms with Crippen LogP contribution in [0, 0.1) is 0 Å². The van der Waals surface area contributed by atoms with Gasteiger partial charge in [0.05, 0.1) is 5.56 Å². The molecule has 6 heteroatoms. The van der Waals surface area contributed by atoms with Crippen molar-refractivity contribution < 1.29 is 9.53 Å². The maximum atomic E-state index is 11.7. The second-order valence-electron chi connectivity index (χ2n) is 4.62. The Morgan fingerprint density at radius 1 is 1.32 bits per heavy atom. The minimum absolute atomic E-state index is 0.304. The number of aromatic nitrogens is 2. The molecular weight excluding hydrogens is 262 g/mol. The normalized spacial score (nSPS) is 17.4. The van der Waals surface area contributed by atoms with Gasteiger partial charge in [0.2, 0.25) is 11.4 Å².